The normalized spacial score (nSPS) is 12.3. The minimum absolute atomic E-state index is 0.121. The van der Waals surface area contributed by atoms with Crippen LogP contribution in [-0.2, 0) is 6.54 Å². The molecule has 8 heteroatoms. The SMILES string of the molecule is O=c1c2cc(Cl)c(Br)cc2ncn1C[C@H](O)CNc1ccc(Cl)cc1. The number of halogens is 3. The topological polar surface area (TPSA) is 67.2 Å². The summed E-state index contributed by atoms with van der Waals surface area (Å²) in [6.07, 6.45) is 0.662. The van der Waals surface area contributed by atoms with Gasteiger partial charge in [-0.3, -0.25) is 9.36 Å². The fourth-order valence-corrected chi connectivity index (χ4v) is 3.00. The number of aromatic nitrogens is 2. The number of nitrogens with zero attached hydrogens (tertiary/aromatic N) is 2. The van der Waals surface area contributed by atoms with E-state index >= 15 is 0 Å². The molecule has 130 valence electrons. The van der Waals surface area contributed by atoms with Crippen molar-refractivity contribution in [1.82, 2.24) is 9.55 Å². The molecule has 2 N–H and O–H groups in total. The van der Waals surface area contributed by atoms with E-state index in [1.807, 2.05) is 12.1 Å². The van der Waals surface area contributed by atoms with E-state index in [0.717, 1.165) is 5.69 Å². The van der Waals surface area contributed by atoms with Crippen LogP contribution in [0.4, 0.5) is 5.69 Å². The molecule has 0 fully saturated rings. The Morgan fingerprint density at radius 2 is 1.96 bits per heavy atom. The summed E-state index contributed by atoms with van der Waals surface area (Å²) in [5.41, 5.74) is 1.14. The van der Waals surface area contributed by atoms with Gasteiger partial charge in [-0.15, -0.1) is 0 Å². The number of hydrogen-bond acceptors (Lipinski definition) is 4. The third-order valence-electron chi connectivity index (χ3n) is 3.66. The molecule has 1 heterocycles. The van der Waals surface area contributed by atoms with Crippen molar-refractivity contribution in [3.8, 4) is 0 Å². The van der Waals surface area contributed by atoms with Gasteiger partial charge in [0.1, 0.15) is 0 Å². The first-order valence-electron chi connectivity index (χ1n) is 7.46. The molecule has 25 heavy (non-hydrogen) atoms. The average molecular weight is 443 g/mol. The highest BCUT2D eigenvalue weighted by molar-refractivity contribution is 9.10. The quantitative estimate of drug-likeness (QED) is 0.627. The van der Waals surface area contributed by atoms with Gasteiger partial charge < -0.3 is 10.4 Å². The van der Waals surface area contributed by atoms with E-state index in [4.69, 9.17) is 23.2 Å². The average Bonchev–Trinajstić information content (AvgIpc) is 2.59. The lowest BCUT2D eigenvalue weighted by atomic mass is 10.2. The lowest BCUT2D eigenvalue weighted by Crippen LogP contribution is -2.31. The number of aliphatic hydroxyl groups is 1. The molecule has 3 aromatic rings. The van der Waals surface area contributed by atoms with Crippen LogP contribution in [0.5, 0.6) is 0 Å². The smallest absolute Gasteiger partial charge is 0.261 e. The largest absolute Gasteiger partial charge is 0.389 e. The summed E-state index contributed by atoms with van der Waals surface area (Å²) in [5.74, 6) is 0. The molecule has 0 amide bonds. The maximum atomic E-state index is 12.5. The number of fused-ring (bicyclic) bond motifs is 1. The Morgan fingerprint density at radius 3 is 2.68 bits per heavy atom. The standard InChI is InChI=1S/C17H14BrCl2N3O2/c18-14-6-16-13(5-15(14)20)17(25)23(9-22-16)8-12(24)7-21-11-3-1-10(19)2-4-11/h1-6,9,12,21,24H,7-8H2/t12-/m1/s1. The van der Waals surface area contributed by atoms with E-state index < -0.39 is 6.10 Å². The van der Waals surface area contributed by atoms with Gasteiger partial charge in [-0.05, 0) is 52.3 Å². The van der Waals surface area contributed by atoms with Crippen LogP contribution in [0.3, 0.4) is 0 Å². The molecular weight excluding hydrogens is 429 g/mol. The Labute approximate surface area is 162 Å². The molecule has 0 unspecified atom stereocenters. The molecule has 1 aromatic heterocycles. The van der Waals surface area contributed by atoms with E-state index in [-0.39, 0.29) is 18.6 Å². The zero-order valence-corrected chi connectivity index (χ0v) is 16.0. The summed E-state index contributed by atoms with van der Waals surface area (Å²) in [7, 11) is 0. The number of rotatable bonds is 5. The molecule has 1 atom stereocenters. The molecule has 3 rings (SSSR count). The van der Waals surface area contributed by atoms with Crippen LogP contribution in [-0.4, -0.2) is 27.3 Å². The highest BCUT2D eigenvalue weighted by atomic mass is 79.9. The third-order valence-corrected chi connectivity index (χ3v) is 5.11. The van der Waals surface area contributed by atoms with Crippen molar-refractivity contribution in [2.75, 3.05) is 11.9 Å². The summed E-state index contributed by atoms with van der Waals surface area (Å²) in [4.78, 5) is 16.8. The Morgan fingerprint density at radius 1 is 1.24 bits per heavy atom. The first kappa shape index (κ1) is 18.2. The van der Waals surface area contributed by atoms with E-state index in [1.54, 1.807) is 24.3 Å². The number of hydrogen-bond donors (Lipinski definition) is 2. The van der Waals surface area contributed by atoms with E-state index in [1.165, 1.54) is 10.9 Å². The predicted molar refractivity (Wildman–Crippen MR) is 105 cm³/mol. The monoisotopic (exact) mass is 441 g/mol. The fraction of sp³-hybridized carbons (Fsp3) is 0.176. The van der Waals surface area contributed by atoms with Gasteiger partial charge in [0.05, 0.1) is 34.9 Å². The maximum Gasteiger partial charge on any atom is 0.261 e. The van der Waals surface area contributed by atoms with Gasteiger partial charge in [-0.2, -0.15) is 0 Å². The van der Waals surface area contributed by atoms with Gasteiger partial charge in [0.2, 0.25) is 0 Å². The van der Waals surface area contributed by atoms with Crippen molar-refractivity contribution in [3.63, 3.8) is 0 Å². The van der Waals surface area contributed by atoms with Crippen LogP contribution in [0.25, 0.3) is 10.9 Å². The lowest BCUT2D eigenvalue weighted by molar-refractivity contribution is 0.165. The summed E-state index contributed by atoms with van der Waals surface area (Å²) < 4.78 is 2.05. The zero-order valence-electron chi connectivity index (χ0n) is 12.9. The number of aliphatic hydroxyl groups excluding tert-OH is 1. The van der Waals surface area contributed by atoms with Gasteiger partial charge in [0, 0.05) is 21.7 Å². The molecule has 0 saturated heterocycles. The Kier molecular flexibility index (Phi) is 5.64. The van der Waals surface area contributed by atoms with Crippen molar-refractivity contribution >= 4 is 55.7 Å². The van der Waals surface area contributed by atoms with Crippen molar-refractivity contribution < 1.29 is 5.11 Å². The molecule has 0 spiro atoms. The fourth-order valence-electron chi connectivity index (χ4n) is 2.38. The number of anilines is 1. The first-order chi connectivity index (χ1) is 11.9. The van der Waals surface area contributed by atoms with Gasteiger partial charge in [0.15, 0.2) is 0 Å². The van der Waals surface area contributed by atoms with Crippen molar-refractivity contribution in [3.05, 3.63) is 67.6 Å². The lowest BCUT2D eigenvalue weighted by Gasteiger charge is -2.14. The summed E-state index contributed by atoms with van der Waals surface area (Å²) >= 11 is 15.2. The maximum absolute atomic E-state index is 12.5. The summed E-state index contributed by atoms with van der Waals surface area (Å²) in [6.45, 7) is 0.406. The van der Waals surface area contributed by atoms with Crippen LogP contribution < -0.4 is 10.9 Å². The molecular formula is C17H14BrCl2N3O2. The van der Waals surface area contributed by atoms with Gasteiger partial charge in [-0.1, -0.05) is 23.2 Å². The molecule has 0 aliphatic rings. The highest BCUT2D eigenvalue weighted by Gasteiger charge is 2.11. The number of nitrogens with one attached hydrogen (secondary N) is 1. The second kappa shape index (κ2) is 7.74. The molecule has 0 aliphatic carbocycles. The Bertz CT molecular complexity index is 961. The van der Waals surface area contributed by atoms with Crippen LogP contribution in [0.15, 0.2) is 52.0 Å². The zero-order chi connectivity index (χ0) is 18.0. The van der Waals surface area contributed by atoms with Crippen LogP contribution in [0.2, 0.25) is 10.0 Å². The summed E-state index contributed by atoms with van der Waals surface area (Å²) in [6, 6.07) is 10.4. The first-order valence-corrected chi connectivity index (χ1v) is 9.00. The highest BCUT2D eigenvalue weighted by Crippen LogP contribution is 2.25. The van der Waals surface area contributed by atoms with Crippen LogP contribution in [0, 0.1) is 0 Å². The Hall–Kier alpha value is -1.60. The van der Waals surface area contributed by atoms with Crippen molar-refractivity contribution in [2.45, 2.75) is 12.6 Å². The molecule has 5 nitrogen and oxygen atoms in total. The summed E-state index contributed by atoms with van der Waals surface area (Å²) in [5, 5.41) is 14.8. The van der Waals surface area contributed by atoms with Gasteiger partial charge >= 0.3 is 0 Å². The minimum atomic E-state index is -0.765. The molecule has 0 radical (unpaired) electrons. The van der Waals surface area contributed by atoms with E-state index in [0.29, 0.717) is 25.4 Å². The third kappa shape index (κ3) is 4.33. The van der Waals surface area contributed by atoms with Crippen molar-refractivity contribution in [2.24, 2.45) is 0 Å². The minimum Gasteiger partial charge on any atom is -0.389 e. The molecule has 2 aromatic carbocycles. The van der Waals surface area contributed by atoms with E-state index in [2.05, 4.69) is 26.2 Å². The van der Waals surface area contributed by atoms with Crippen LogP contribution >= 0.6 is 39.1 Å². The number of benzene rings is 2. The predicted octanol–water partition coefficient (Wildman–Crippen LogP) is 3.94. The second-order valence-electron chi connectivity index (χ2n) is 5.53. The molecule has 0 bridgehead atoms. The van der Waals surface area contributed by atoms with Gasteiger partial charge in [0.25, 0.3) is 5.56 Å². The van der Waals surface area contributed by atoms with Gasteiger partial charge in [-0.25, -0.2) is 4.98 Å². The molecule has 0 saturated carbocycles. The second-order valence-corrected chi connectivity index (χ2v) is 7.23. The Balaban J connectivity index is 1.73. The molecule has 0 aliphatic heterocycles. The van der Waals surface area contributed by atoms with Crippen LogP contribution in [0.1, 0.15) is 0 Å². The van der Waals surface area contributed by atoms with Crippen molar-refractivity contribution in [1.29, 1.82) is 0 Å². The van der Waals surface area contributed by atoms with E-state index in [9.17, 15) is 9.90 Å².